The van der Waals surface area contributed by atoms with Crippen LogP contribution in [-0.2, 0) is 17.8 Å². The molecule has 2 N–H and O–H groups in total. The minimum atomic E-state index is -0.646. The monoisotopic (exact) mass is 833 g/mol. The largest absolute Gasteiger partial charge is 0.465 e. The zero-order valence-electron chi connectivity index (χ0n) is 34.1. The summed E-state index contributed by atoms with van der Waals surface area (Å²) in [6.45, 7) is 10.8. The number of piperazine rings is 2. The van der Waals surface area contributed by atoms with Gasteiger partial charge in [0.2, 0.25) is 0 Å². The van der Waals surface area contributed by atoms with Crippen molar-refractivity contribution < 1.29 is 41.5 Å². The van der Waals surface area contributed by atoms with Crippen LogP contribution in [0.4, 0.5) is 38.5 Å². The molecule has 16 heteroatoms. The van der Waals surface area contributed by atoms with Crippen molar-refractivity contribution >= 4 is 35.2 Å². The summed E-state index contributed by atoms with van der Waals surface area (Å²) in [5, 5.41) is 0. The number of esters is 1. The van der Waals surface area contributed by atoms with Crippen molar-refractivity contribution in [1.82, 2.24) is 19.6 Å². The third-order valence-electron chi connectivity index (χ3n) is 10.6. The van der Waals surface area contributed by atoms with Crippen LogP contribution in [0.2, 0.25) is 0 Å². The molecular weight excluding hydrogens is 783 g/mol. The van der Waals surface area contributed by atoms with E-state index in [1.807, 2.05) is 0 Å². The first kappa shape index (κ1) is 45.2. The number of carbonyl (C=O) groups is 4. The molecule has 0 aliphatic carbocycles. The van der Waals surface area contributed by atoms with Crippen LogP contribution < -0.4 is 15.5 Å². The Bertz CT molecular complexity index is 1980. The number of methoxy groups -OCH3 is 1. The summed E-state index contributed by atoms with van der Waals surface area (Å²) >= 11 is 0. The number of amides is 4. The maximum Gasteiger partial charge on any atom is 0.337 e. The van der Waals surface area contributed by atoms with Gasteiger partial charge in [0, 0.05) is 80.4 Å². The van der Waals surface area contributed by atoms with E-state index >= 15 is 0 Å². The molecule has 0 spiro atoms. The van der Waals surface area contributed by atoms with Crippen molar-refractivity contribution in [3.8, 4) is 0 Å². The maximum absolute atomic E-state index is 14.7. The number of likely N-dealkylation sites (N-methyl/N-ethyl adjacent to an activating group) is 2. The average Bonchev–Trinajstić information content (AvgIpc) is 3.27. The molecule has 12 nitrogen and oxygen atoms in total. The molecule has 2 fully saturated rings. The van der Waals surface area contributed by atoms with Gasteiger partial charge in [-0.2, -0.15) is 0 Å². The van der Waals surface area contributed by atoms with E-state index in [4.69, 9.17) is 5.73 Å². The number of carbonyl (C=O) groups excluding carboxylic acids is 4. The Morgan fingerprint density at radius 2 is 1.02 bits per heavy atom. The second kappa shape index (κ2) is 21.4. The Morgan fingerprint density at radius 1 is 0.600 bits per heavy atom. The Hall–Kier alpha value is -5.84. The second-order valence-corrected chi connectivity index (χ2v) is 14.3. The number of nitrogens with two attached hydrogens (primary N) is 1. The highest BCUT2D eigenvalue weighted by molar-refractivity contribution is 5.97. The van der Waals surface area contributed by atoms with E-state index in [0.717, 1.165) is 51.4 Å². The number of ether oxygens (including phenoxy) is 1. The van der Waals surface area contributed by atoms with Crippen molar-refractivity contribution in [2.45, 2.75) is 26.9 Å². The van der Waals surface area contributed by atoms with E-state index in [1.165, 1.54) is 77.6 Å². The molecule has 6 rings (SSSR count). The average molecular weight is 834 g/mol. The number of benzene rings is 4. The van der Waals surface area contributed by atoms with Crippen LogP contribution in [0.5, 0.6) is 0 Å². The van der Waals surface area contributed by atoms with E-state index < -0.39 is 29.2 Å². The van der Waals surface area contributed by atoms with E-state index in [0.29, 0.717) is 37.6 Å². The number of nitrogens with zero attached hydrogens (tertiary/aromatic N) is 6. The van der Waals surface area contributed by atoms with Crippen LogP contribution >= 0.6 is 0 Å². The summed E-state index contributed by atoms with van der Waals surface area (Å²) in [7, 11) is 1.22. The normalized spacial score (nSPS) is 14.5. The summed E-state index contributed by atoms with van der Waals surface area (Å²) in [6.07, 6.45) is 0. The lowest BCUT2D eigenvalue weighted by molar-refractivity contribution is 0.0600. The molecule has 4 aromatic rings. The Balaban J connectivity index is 0.000000228. The zero-order chi connectivity index (χ0) is 43.3. The predicted octanol–water partition coefficient (Wildman–Crippen LogP) is 6.39. The Morgan fingerprint density at radius 3 is 1.38 bits per heavy atom. The van der Waals surface area contributed by atoms with Crippen LogP contribution in [0.3, 0.4) is 0 Å². The third kappa shape index (κ3) is 11.7. The zero-order valence-corrected chi connectivity index (χ0v) is 34.1. The van der Waals surface area contributed by atoms with Crippen LogP contribution in [0.1, 0.15) is 45.7 Å². The van der Waals surface area contributed by atoms with E-state index in [9.17, 15) is 36.7 Å². The highest BCUT2D eigenvalue weighted by Gasteiger charge is 2.29. The number of anilines is 2. The van der Waals surface area contributed by atoms with Crippen molar-refractivity contribution in [2.24, 2.45) is 5.73 Å². The molecule has 2 aliphatic rings. The molecular formula is C44H51F4N7O5. The molecule has 4 aromatic carbocycles. The minimum absolute atomic E-state index is 0.0815. The molecule has 60 heavy (non-hydrogen) atoms. The summed E-state index contributed by atoms with van der Waals surface area (Å²) in [5.74, 6) is -3.23. The van der Waals surface area contributed by atoms with Gasteiger partial charge in [-0.05, 0) is 67.7 Å². The lowest BCUT2D eigenvalue weighted by Gasteiger charge is -2.37. The first-order chi connectivity index (χ1) is 28.8. The van der Waals surface area contributed by atoms with Crippen molar-refractivity contribution in [3.05, 3.63) is 130 Å². The number of hydrogen-bond donors (Lipinski definition) is 1. The van der Waals surface area contributed by atoms with Gasteiger partial charge in [-0.3, -0.25) is 14.6 Å². The third-order valence-corrected chi connectivity index (χ3v) is 10.6. The second-order valence-electron chi connectivity index (χ2n) is 14.3. The standard InChI is InChI=1S/C22H26F2N4O2.C22H25F2N3O3/c1-2-26-8-10-27(11-9-26)22(30)28(19-5-3-4-18(23)13-19)15-17-7-6-16(12-20(17)24)21(29)14-25;1-3-25-9-11-26(12-10-25)22(29)27(19-6-4-5-18(23)14-19)15-17-8-7-16(13-20(17)24)21(28)30-2/h3-7,12-13H,2,8-11,14-15,25H2,1H3;4-8,13-14H,3,9-12,15H2,1-2H3. The molecule has 0 aromatic heterocycles. The minimum Gasteiger partial charge on any atom is -0.465 e. The molecule has 0 bridgehead atoms. The summed E-state index contributed by atoms with van der Waals surface area (Å²) in [5.41, 5.74) is 6.73. The molecule has 320 valence electrons. The number of rotatable bonds is 11. The number of halogens is 4. The Labute approximate surface area is 347 Å². The molecule has 2 heterocycles. The van der Waals surface area contributed by atoms with Gasteiger partial charge in [-0.25, -0.2) is 31.9 Å². The first-order valence-electron chi connectivity index (χ1n) is 19.8. The highest BCUT2D eigenvalue weighted by Crippen LogP contribution is 2.25. The summed E-state index contributed by atoms with van der Waals surface area (Å²) in [6, 6.07) is 18.8. The Kier molecular flexibility index (Phi) is 16.2. The van der Waals surface area contributed by atoms with Gasteiger partial charge in [-0.1, -0.05) is 44.2 Å². The molecule has 2 aliphatic heterocycles. The fraction of sp³-hybridized carbons (Fsp3) is 0.364. The molecule has 0 radical (unpaired) electrons. The van der Waals surface area contributed by atoms with Crippen molar-refractivity contribution in [1.29, 1.82) is 0 Å². The van der Waals surface area contributed by atoms with Crippen LogP contribution in [-0.4, -0.2) is 123 Å². The molecule has 0 atom stereocenters. The van der Waals surface area contributed by atoms with Crippen LogP contribution in [0, 0.1) is 23.3 Å². The number of urea groups is 2. The quantitative estimate of drug-likeness (QED) is 0.105. The van der Waals surface area contributed by atoms with Gasteiger partial charge in [0.25, 0.3) is 0 Å². The van der Waals surface area contributed by atoms with Crippen molar-refractivity contribution in [2.75, 3.05) is 88.9 Å². The van der Waals surface area contributed by atoms with E-state index in [-0.39, 0.29) is 59.7 Å². The van der Waals surface area contributed by atoms with Gasteiger partial charge in [-0.15, -0.1) is 0 Å². The summed E-state index contributed by atoms with van der Waals surface area (Å²) in [4.78, 5) is 60.4. The number of ketones is 1. The molecule has 0 saturated carbocycles. The lowest BCUT2D eigenvalue weighted by Crippen LogP contribution is -2.52. The first-order valence-corrected chi connectivity index (χ1v) is 19.8. The van der Waals surface area contributed by atoms with Gasteiger partial charge in [0.1, 0.15) is 23.3 Å². The van der Waals surface area contributed by atoms with Crippen LogP contribution in [0.15, 0.2) is 84.9 Å². The van der Waals surface area contributed by atoms with Gasteiger partial charge in [0.15, 0.2) is 5.78 Å². The maximum atomic E-state index is 14.7. The number of Topliss-reactive ketones (excluding diaryl/α,β-unsaturated/α-hetero) is 1. The van der Waals surface area contributed by atoms with Gasteiger partial charge >= 0.3 is 18.0 Å². The number of hydrogen-bond acceptors (Lipinski definition) is 8. The molecule has 0 unspecified atom stereocenters. The fourth-order valence-electron chi connectivity index (χ4n) is 6.91. The molecule has 2 saturated heterocycles. The smallest absolute Gasteiger partial charge is 0.337 e. The van der Waals surface area contributed by atoms with Crippen molar-refractivity contribution in [3.63, 3.8) is 0 Å². The lowest BCUT2D eigenvalue weighted by atomic mass is 10.1. The van der Waals surface area contributed by atoms with E-state index in [2.05, 4.69) is 28.4 Å². The van der Waals surface area contributed by atoms with Gasteiger partial charge < -0.3 is 30.1 Å². The fourth-order valence-corrected chi connectivity index (χ4v) is 6.91. The van der Waals surface area contributed by atoms with Crippen LogP contribution in [0.25, 0.3) is 0 Å². The highest BCUT2D eigenvalue weighted by atomic mass is 19.1. The predicted molar refractivity (Wildman–Crippen MR) is 221 cm³/mol. The topological polar surface area (TPSA) is 123 Å². The SMILES string of the molecule is CCN1CCN(C(=O)N(Cc2ccc(C(=O)CN)cc2F)c2cccc(F)c2)CC1.CCN1CCN(C(=O)N(Cc2ccc(C(=O)OC)cc2F)c2cccc(F)c2)CC1. The summed E-state index contributed by atoms with van der Waals surface area (Å²) < 4.78 is 61.6. The van der Waals surface area contributed by atoms with Gasteiger partial charge in [0.05, 0.1) is 32.3 Å². The molecule has 4 amide bonds. The van der Waals surface area contributed by atoms with E-state index in [1.54, 1.807) is 21.9 Å².